The average Bonchev–Trinajstić information content (AvgIpc) is 3.56. The van der Waals surface area contributed by atoms with Gasteiger partial charge in [-0.25, -0.2) is 0 Å². The summed E-state index contributed by atoms with van der Waals surface area (Å²) in [5.74, 6) is -0.417. The number of aliphatic hydroxyl groups is 3. The second-order valence-corrected chi connectivity index (χ2v) is 14.1. The first-order valence-corrected chi connectivity index (χ1v) is 15.3. The first kappa shape index (κ1) is 27.7. The Hall–Kier alpha value is -1.14. The molecule has 0 amide bonds. The maximum atomic E-state index is 13.1. The molecule has 7 rings (SSSR count). The number of ether oxygens (including phenoxy) is 5. The van der Waals surface area contributed by atoms with Gasteiger partial charge in [-0.05, 0) is 70.1 Å². The van der Waals surface area contributed by atoms with Crippen LogP contribution >= 0.6 is 0 Å². The number of hydrogen-bond donors (Lipinski definition) is 3. The highest BCUT2D eigenvalue weighted by atomic mass is 16.7. The molecule has 7 aliphatic rings. The average molecular weight is 565 g/mol. The first-order chi connectivity index (χ1) is 19.1. The van der Waals surface area contributed by atoms with E-state index in [1.54, 1.807) is 14.0 Å². The van der Waals surface area contributed by atoms with Crippen LogP contribution in [0.15, 0.2) is 0 Å². The van der Waals surface area contributed by atoms with E-state index in [2.05, 4.69) is 0 Å². The van der Waals surface area contributed by atoms with Crippen molar-refractivity contribution in [1.29, 1.82) is 0 Å². The summed E-state index contributed by atoms with van der Waals surface area (Å²) in [6, 6.07) is 0. The predicted octanol–water partition coefficient (Wildman–Crippen LogP) is 1.65. The van der Waals surface area contributed by atoms with Crippen LogP contribution in [0.2, 0.25) is 0 Å². The molecule has 2 spiro atoms. The van der Waals surface area contributed by atoms with Crippen molar-refractivity contribution in [3.05, 3.63) is 0 Å². The Balaban J connectivity index is 1.11. The number of rotatable bonds is 4. The van der Waals surface area contributed by atoms with Crippen LogP contribution in [0.4, 0.5) is 0 Å². The maximum absolute atomic E-state index is 13.1. The smallest absolute Gasteiger partial charge is 0.308 e. The van der Waals surface area contributed by atoms with Crippen molar-refractivity contribution in [2.24, 2.45) is 28.6 Å². The zero-order valence-corrected chi connectivity index (χ0v) is 23.6. The van der Waals surface area contributed by atoms with Crippen molar-refractivity contribution < 1.29 is 48.6 Å². The molecule has 3 N–H and O–H groups in total. The molecular formula is C30H44O10. The zero-order chi connectivity index (χ0) is 28.1. The molecule has 3 aliphatic heterocycles. The SMILES string of the molecule is COC1CC(OC2CCC3(C=O)C4CCC56COC7(COC(=O)C7)C5CCC6(O)C4CCC3(O)C2)OC(C)C1O. The minimum absolute atomic E-state index is 0.0573. The van der Waals surface area contributed by atoms with Gasteiger partial charge in [0.2, 0.25) is 0 Å². The van der Waals surface area contributed by atoms with Crippen LogP contribution in [0, 0.1) is 28.6 Å². The summed E-state index contributed by atoms with van der Waals surface area (Å²) in [6.45, 7) is 2.47. The fourth-order valence-electron chi connectivity index (χ4n) is 10.9. The highest BCUT2D eigenvalue weighted by Gasteiger charge is 2.77. The molecule has 13 atom stereocenters. The highest BCUT2D eigenvalue weighted by molar-refractivity contribution is 5.73. The number of carbonyl (C=O) groups excluding carboxylic acids is 2. The number of fused-ring (bicyclic) bond motifs is 5. The van der Waals surface area contributed by atoms with E-state index in [4.69, 9.17) is 23.7 Å². The van der Waals surface area contributed by atoms with Gasteiger partial charge in [-0.15, -0.1) is 0 Å². The molecule has 4 saturated carbocycles. The van der Waals surface area contributed by atoms with Gasteiger partial charge in [0.15, 0.2) is 6.29 Å². The van der Waals surface area contributed by atoms with E-state index in [1.807, 2.05) is 0 Å². The molecule has 224 valence electrons. The van der Waals surface area contributed by atoms with Crippen LogP contribution < -0.4 is 0 Å². The van der Waals surface area contributed by atoms with E-state index in [1.165, 1.54) is 0 Å². The lowest BCUT2D eigenvalue weighted by Gasteiger charge is -2.65. The number of hydrogen-bond acceptors (Lipinski definition) is 10. The fourth-order valence-corrected chi connectivity index (χ4v) is 10.9. The largest absolute Gasteiger partial charge is 0.462 e. The van der Waals surface area contributed by atoms with Gasteiger partial charge in [0.1, 0.15) is 24.6 Å². The maximum Gasteiger partial charge on any atom is 0.308 e. The van der Waals surface area contributed by atoms with E-state index >= 15 is 0 Å². The van der Waals surface area contributed by atoms with Crippen molar-refractivity contribution >= 4 is 12.3 Å². The predicted molar refractivity (Wildman–Crippen MR) is 138 cm³/mol. The normalized spacial score (nSPS) is 57.2. The molecule has 3 heterocycles. The zero-order valence-electron chi connectivity index (χ0n) is 23.6. The van der Waals surface area contributed by atoms with E-state index in [0.29, 0.717) is 58.0 Å². The molecule has 7 fully saturated rings. The Labute approximate surface area is 235 Å². The number of carbonyl (C=O) groups is 2. The van der Waals surface area contributed by atoms with Gasteiger partial charge in [0.25, 0.3) is 0 Å². The molecule has 0 aromatic carbocycles. The van der Waals surface area contributed by atoms with Crippen LogP contribution in [-0.4, -0.2) is 95.4 Å². The summed E-state index contributed by atoms with van der Waals surface area (Å²) in [7, 11) is 1.57. The van der Waals surface area contributed by atoms with Crippen LogP contribution in [0.3, 0.4) is 0 Å². The van der Waals surface area contributed by atoms with Crippen LogP contribution in [0.1, 0.15) is 77.6 Å². The first-order valence-electron chi connectivity index (χ1n) is 15.3. The van der Waals surface area contributed by atoms with Gasteiger partial charge in [-0.2, -0.15) is 0 Å². The van der Waals surface area contributed by atoms with Gasteiger partial charge in [0, 0.05) is 31.3 Å². The van der Waals surface area contributed by atoms with E-state index < -0.39 is 46.1 Å². The Morgan fingerprint density at radius 1 is 1.02 bits per heavy atom. The summed E-state index contributed by atoms with van der Waals surface area (Å²) in [5.41, 5.74) is -4.25. The minimum atomic E-state index is -1.22. The topological polar surface area (TPSA) is 141 Å². The van der Waals surface area contributed by atoms with Crippen molar-refractivity contribution in [1.82, 2.24) is 0 Å². The molecule has 0 aromatic rings. The number of aldehydes is 1. The number of esters is 1. The molecule has 3 saturated heterocycles. The standard InChI is InChI=1S/C30H44O10/c1-17-25(33)21(36-2)11-24(39-17)40-18-3-7-26(14-31)19-4-8-27-15-38-28(13-23(32)37-16-28)22(27)6-10-30(27,35)20(19)5-9-29(26,34)12-18/h14,17-22,24-25,33-35H,3-13,15-16H2,1-2H3. The molecule has 4 aliphatic carbocycles. The van der Waals surface area contributed by atoms with E-state index in [9.17, 15) is 24.9 Å². The molecule has 10 heteroatoms. The number of aliphatic hydroxyl groups excluding tert-OH is 1. The minimum Gasteiger partial charge on any atom is -0.462 e. The van der Waals surface area contributed by atoms with Gasteiger partial charge in [-0.1, -0.05) is 0 Å². The number of cyclic esters (lactones) is 1. The Morgan fingerprint density at radius 2 is 1.82 bits per heavy atom. The Bertz CT molecular complexity index is 1050. The van der Waals surface area contributed by atoms with Crippen molar-refractivity contribution in [3.63, 3.8) is 0 Å². The molecule has 13 unspecified atom stereocenters. The van der Waals surface area contributed by atoms with Crippen molar-refractivity contribution in [3.8, 4) is 0 Å². The number of methoxy groups -OCH3 is 1. The molecule has 10 nitrogen and oxygen atoms in total. The second-order valence-electron chi connectivity index (χ2n) is 14.1. The van der Waals surface area contributed by atoms with E-state index in [0.717, 1.165) is 19.1 Å². The summed E-state index contributed by atoms with van der Waals surface area (Å²) >= 11 is 0. The third-order valence-corrected chi connectivity index (χ3v) is 12.9. The third kappa shape index (κ3) is 3.47. The van der Waals surface area contributed by atoms with E-state index in [-0.39, 0.29) is 49.0 Å². The monoisotopic (exact) mass is 564 g/mol. The highest BCUT2D eigenvalue weighted by Crippen LogP contribution is 2.73. The Kier molecular flexibility index (Phi) is 6.35. The molecule has 0 bridgehead atoms. The van der Waals surface area contributed by atoms with Gasteiger partial charge in [0.05, 0.1) is 48.0 Å². The molecule has 40 heavy (non-hydrogen) atoms. The fraction of sp³-hybridized carbons (Fsp3) is 0.933. The molecule has 0 aromatic heterocycles. The van der Waals surface area contributed by atoms with Crippen LogP contribution in [0.25, 0.3) is 0 Å². The lowest BCUT2D eigenvalue weighted by atomic mass is 9.41. The summed E-state index contributed by atoms with van der Waals surface area (Å²) in [4.78, 5) is 25.1. The Morgan fingerprint density at radius 3 is 2.55 bits per heavy atom. The quantitative estimate of drug-likeness (QED) is 0.262. The van der Waals surface area contributed by atoms with Crippen LogP contribution in [-0.2, 0) is 33.3 Å². The van der Waals surface area contributed by atoms with Gasteiger partial charge >= 0.3 is 5.97 Å². The summed E-state index contributed by atoms with van der Waals surface area (Å²) in [5, 5.41) is 35.1. The molecule has 0 radical (unpaired) electrons. The summed E-state index contributed by atoms with van der Waals surface area (Å²) < 4.78 is 29.4. The van der Waals surface area contributed by atoms with Gasteiger partial charge < -0.3 is 43.8 Å². The second kappa shape index (κ2) is 9.18. The lowest BCUT2D eigenvalue weighted by molar-refractivity contribution is -0.288. The van der Waals surface area contributed by atoms with Crippen LogP contribution in [0.5, 0.6) is 0 Å². The van der Waals surface area contributed by atoms with Crippen molar-refractivity contribution in [2.75, 3.05) is 20.3 Å². The third-order valence-electron chi connectivity index (χ3n) is 12.9. The molecular weight excluding hydrogens is 520 g/mol. The van der Waals surface area contributed by atoms with Gasteiger partial charge in [-0.3, -0.25) is 4.79 Å². The summed E-state index contributed by atoms with van der Waals surface area (Å²) in [6.07, 6.45) is 4.61. The lowest BCUT2D eigenvalue weighted by Crippen LogP contribution is -2.69. The van der Waals surface area contributed by atoms with Crippen molar-refractivity contribution in [2.45, 2.75) is 125 Å².